The van der Waals surface area contributed by atoms with Gasteiger partial charge in [-0.15, -0.1) is 0 Å². The van der Waals surface area contributed by atoms with Gasteiger partial charge in [0, 0.05) is 14.7 Å². The van der Waals surface area contributed by atoms with Crippen LogP contribution in [0.15, 0.2) is 151 Å². The highest BCUT2D eigenvalue weighted by Crippen LogP contribution is 2.37. The van der Waals surface area contributed by atoms with Crippen LogP contribution in [-0.2, 0) is 0 Å². The average Bonchev–Trinajstić information content (AvgIpc) is 2.84. The van der Waals surface area contributed by atoms with Crippen LogP contribution < -0.4 is 0 Å². The Kier molecular flexibility index (Phi) is 8.11. The summed E-state index contributed by atoms with van der Waals surface area (Å²) in [5.41, 5.74) is 0.949. The van der Waals surface area contributed by atoms with E-state index in [0.29, 0.717) is 0 Å². The fourth-order valence-corrected chi connectivity index (χ4v) is 5.54. The van der Waals surface area contributed by atoms with E-state index in [4.69, 9.17) is 4.99 Å². The fourth-order valence-electron chi connectivity index (χ4n) is 2.70. The summed E-state index contributed by atoms with van der Waals surface area (Å²) in [4.78, 5) is 9.73. The number of aliphatic imine (C=N–C) groups is 1. The Bertz CT molecular complexity index is 1130. The minimum atomic E-state index is 0.949. The van der Waals surface area contributed by atoms with Crippen LogP contribution in [0.3, 0.4) is 0 Å². The summed E-state index contributed by atoms with van der Waals surface area (Å²) in [6.07, 6.45) is 0. The number of rotatable bonds is 7. The second-order valence-corrected chi connectivity index (χ2v) is 9.62. The molecule has 0 aromatic heterocycles. The lowest BCUT2D eigenvalue weighted by molar-refractivity contribution is 1.46. The minimum absolute atomic E-state index is 0.949. The van der Waals surface area contributed by atoms with Crippen molar-refractivity contribution in [2.24, 2.45) is 4.99 Å². The number of hydrogen-bond acceptors (Lipinski definition) is 4. The summed E-state index contributed by atoms with van der Waals surface area (Å²) in [6.45, 7) is 0. The topological polar surface area (TPSA) is 12.4 Å². The van der Waals surface area contributed by atoms with Crippen LogP contribution in [0.5, 0.6) is 0 Å². The van der Waals surface area contributed by atoms with Gasteiger partial charge in [-0.1, -0.05) is 108 Å². The molecule has 4 heteroatoms. The third kappa shape index (κ3) is 6.93. The van der Waals surface area contributed by atoms with Crippen molar-refractivity contribution in [2.75, 3.05) is 0 Å². The number of nitrogens with zero attached hydrogens (tertiary/aromatic N) is 1. The third-order valence-corrected chi connectivity index (χ3v) is 7.40. The summed E-state index contributed by atoms with van der Waals surface area (Å²) in [5, 5.41) is 3.19. The van der Waals surface area contributed by atoms with E-state index in [2.05, 4.69) is 78.2 Å². The molecular weight excluding hydrogens is 435 g/mol. The molecule has 0 radical (unpaired) electrons. The predicted octanol–water partition coefficient (Wildman–Crippen LogP) is 8.93. The first-order valence-corrected chi connectivity index (χ1v) is 12.4. The number of thioether (sulfide) groups is 3. The second kappa shape index (κ2) is 11.7. The maximum absolute atomic E-state index is 5.04. The van der Waals surface area contributed by atoms with E-state index in [1.165, 1.54) is 14.7 Å². The van der Waals surface area contributed by atoms with Crippen LogP contribution in [-0.4, -0.2) is 5.04 Å². The van der Waals surface area contributed by atoms with E-state index in [1.54, 1.807) is 35.3 Å². The van der Waals surface area contributed by atoms with Gasteiger partial charge in [-0.05, 0) is 53.9 Å². The molecule has 0 spiro atoms. The highest BCUT2D eigenvalue weighted by molar-refractivity contribution is 8.18. The Morgan fingerprint density at radius 2 is 0.968 bits per heavy atom. The molecule has 4 aromatic carbocycles. The molecule has 0 aliphatic carbocycles. The number of para-hydroxylation sites is 1. The molecule has 4 rings (SSSR count). The van der Waals surface area contributed by atoms with Crippen molar-refractivity contribution in [3.63, 3.8) is 0 Å². The molecule has 31 heavy (non-hydrogen) atoms. The van der Waals surface area contributed by atoms with Crippen molar-refractivity contribution in [2.45, 2.75) is 14.7 Å². The zero-order valence-corrected chi connectivity index (χ0v) is 19.2. The maximum Gasteiger partial charge on any atom is 0.116 e. The molecule has 0 unspecified atom stereocenters. The fraction of sp³-hybridized carbons (Fsp3) is 0. The minimum Gasteiger partial charge on any atom is -0.241 e. The van der Waals surface area contributed by atoms with Gasteiger partial charge in [-0.2, -0.15) is 0 Å². The number of benzene rings is 4. The van der Waals surface area contributed by atoms with Crippen molar-refractivity contribution in [3.8, 4) is 0 Å². The molecule has 0 aliphatic heterocycles. The summed E-state index contributed by atoms with van der Waals surface area (Å²) in [6, 6.07) is 41.5. The predicted molar refractivity (Wildman–Crippen MR) is 139 cm³/mol. The van der Waals surface area contributed by atoms with E-state index in [9.17, 15) is 0 Å². The van der Waals surface area contributed by atoms with E-state index < -0.39 is 0 Å². The average molecular weight is 456 g/mol. The summed E-state index contributed by atoms with van der Waals surface area (Å²) in [5.74, 6) is 0. The molecule has 4 aromatic rings. The van der Waals surface area contributed by atoms with E-state index in [-0.39, 0.29) is 0 Å². The monoisotopic (exact) mass is 455 g/mol. The Labute approximate surface area is 196 Å². The lowest BCUT2D eigenvalue weighted by Gasteiger charge is -2.12. The molecule has 0 aliphatic rings. The molecule has 1 nitrogen and oxygen atoms in total. The first kappa shape index (κ1) is 21.6. The van der Waals surface area contributed by atoms with Gasteiger partial charge in [-0.25, -0.2) is 4.99 Å². The van der Waals surface area contributed by atoms with Gasteiger partial charge in [0.2, 0.25) is 0 Å². The molecule has 0 heterocycles. The van der Waals surface area contributed by atoms with Crippen LogP contribution >= 0.6 is 35.3 Å². The van der Waals surface area contributed by atoms with Crippen molar-refractivity contribution >= 4 is 46.0 Å². The smallest absolute Gasteiger partial charge is 0.116 e. The molecule has 0 bridgehead atoms. The largest absolute Gasteiger partial charge is 0.241 e. The van der Waals surface area contributed by atoms with Gasteiger partial charge in [-0.3, -0.25) is 0 Å². The van der Waals surface area contributed by atoms with Crippen molar-refractivity contribution < 1.29 is 0 Å². The Morgan fingerprint density at radius 3 is 1.52 bits per heavy atom. The Hall–Kier alpha value is -2.66. The lowest BCUT2D eigenvalue weighted by atomic mass is 10.3. The van der Waals surface area contributed by atoms with E-state index >= 15 is 0 Å². The summed E-state index contributed by atoms with van der Waals surface area (Å²) < 4.78 is 0. The van der Waals surface area contributed by atoms with Gasteiger partial charge >= 0.3 is 0 Å². The van der Waals surface area contributed by atoms with Gasteiger partial charge in [0.1, 0.15) is 5.04 Å². The normalized spacial score (nSPS) is 12.0. The second-order valence-electron chi connectivity index (χ2n) is 6.50. The zero-order valence-electron chi connectivity index (χ0n) is 16.8. The molecule has 0 N–H and O–H groups in total. The van der Waals surface area contributed by atoms with Crippen molar-refractivity contribution in [1.29, 1.82) is 0 Å². The van der Waals surface area contributed by atoms with Crippen LogP contribution in [0.2, 0.25) is 0 Å². The molecule has 152 valence electrons. The first-order chi connectivity index (χ1) is 15.4. The first-order valence-electron chi connectivity index (χ1n) is 9.88. The standard InChI is InChI=1S/C27H21NS3/c1-5-13-22(14-6-1)28-27(31-25-19-11-4-12-20-25)26(30-24-17-9-3-10-18-24)21-29-23-15-7-2-8-16-23/h1-21H/b26-21+,28-27-. The molecule has 0 atom stereocenters. The Morgan fingerprint density at radius 1 is 0.516 bits per heavy atom. The van der Waals surface area contributed by atoms with Gasteiger partial charge < -0.3 is 0 Å². The Balaban J connectivity index is 1.73. The van der Waals surface area contributed by atoms with Gasteiger partial charge in [0.25, 0.3) is 0 Å². The quantitative estimate of drug-likeness (QED) is 0.157. The summed E-state index contributed by atoms with van der Waals surface area (Å²) in [7, 11) is 0. The van der Waals surface area contributed by atoms with Crippen LogP contribution in [0.25, 0.3) is 0 Å². The molecule has 0 amide bonds. The van der Waals surface area contributed by atoms with E-state index in [0.717, 1.165) is 15.6 Å². The van der Waals surface area contributed by atoms with Crippen LogP contribution in [0.1, 0.15) is 0 Å². The third-order valence-electron chi connectivity index (χ3n) is 4.17. The van der Waals surface area contributed by atoms with Crippen LogP contribution in [0.4, 0.5) is 5.69 Å². The van der Waals surface area contributed by atoms with Crippen molar-refractivity contribution in [1.82, 2.24) is 0 Å². The molecular formula is C27H21NS3. The van der Waals surface area contributed by atoms with Crippen molar-refractivity contribution in [3.05, 3.63) is 132 Å². The molecule has 0 saturated heterocycles. The van der Waals surface area contributed by atoms with E-state index in [1.807, 2.05) is 48.5 Å². The number of hydrogen-bond donors (Lipinski definition) is 0. The van der Waals surface area contributed by atoms with Crippen LogP contribution in [0, 0.1) is 0 Å². The SMILES string of the molecule is C(/Sc1ccccc1)=C(Sc1ccccc1)/C(=N/c1ccccc1)Sc1ccccc1. The highest BCUT2D eigenvalue weighted by Gasteiger charge is 2.13. The van der Waals surface area contributed by atoms with Gasteiger partial charge in [0.15, 0.2) is 0 Å². The highest BCUT2D eigenvalue weighted by atomic mass is 32.2. The van der Waals surface area contributed by atoms with Gasteiger partial charge in [0.05, 0.1) is 10.6 Å². The molecule has 0 fully saturated rings. The summed E-state index contributed by atoms with van der Waals surface area (Å²) >= 11 is 5.16. The zero-order chi connectivity index (χ0) is 21.1. The lowest BCUT2D eigenvalue weighted by Crippen LogP contribution is -1.95. The molecule has 0 saturated carbocycles. The maximum atomic E-state index is 5.04.